The van der Waals surface area contributed by atoms with E-state index < -0.39 is 0 Å². The summed E-state index contributed by atoms with van der Waals surface area (Å²) in [6.45, 7) is 5.32. The zero-order chi connectivity index (χ0) is 14.1. The van der Waals surface area contributed by atoms with Gasteiger partial charge in [0.15, 0.2) is 0 Å². The largest absolute Gasteiger partial charge is 0.385 e. The predicted octanol–water partition coefficient (Wildman–Crippen LogP) is 2.55. The van der Waals surface area contributed by atoms with Crippen molar-refractivity contribution in [1.29, 1.82) is 0 Å². The number of hydrogen-bond donors (Lipinski definition) is 1. The van der Waals surface area contributed by atoms with Crippen LogP contribution in [0.3, 0.4) is 0 Å². The maximum absolute atomic E-state index is 5.10. The summed E-state index contributed by atoms with van der Waals surface area (Å²) in [5.74, 6) is 0.569. The summed E-state index contributed by atoms with van der Waals surface area (Å²) >= 11 is 0. The summed E-state index contributed by atoms with van der Waals surface area (Å²) in [4.78, 5) is 2.39. The monoisotopic (exact) mass is 264 g/mol. The van der Waals surface area contributed by atoms with Gasteiger partial charge in [0, 0.05) is 32.8 Å². The maximum atomic E-state index is 5.10. The van der Waals surface area contributed by atoms with Gasteiger partial charge in [-0.05, 0) is 32.0 Å². The molecule has 0 aliphatic carbocycles. The summed E-state index contributed by atoms with van der Waals surface area (Å²) in [5, 5.41) is 3.44. The van der Waals surface area contributed by atoms with Crippen molar-refractivity contribution in [3.8, 4) is 0 Å². The van der Waals surface area contributed by atoms with Gasteiger partial charge in [-0.15, -0.1) is 0 Å². The molecule has 2 atom stereocenters. The van der Waals surface area contributed by atoms with Crippen molar-refractivity contribution in [1.82, 2.24) is 10.2 Å². The van der Waals surface area contributed by atoms with Crippen LogP contribution in [0.15, 0.2) is 30.3 Å². The Morgan fingerprint density at radius 2 is 1.95 bits per heavy atom. The molecule has 0 bridgehead atoms. The molecule has 3 nitrogen and oxygen atoms in total. The van der Waals surface area contributed by atoms with E-state index in [1.807, 2.05) is 7.05 Å². The lowest BCUT2D eigenvalue weighted by molar-refractivity contribution is 0.171. The third kappa shape index (κ3) is 5.72. The fourth-order valence-electron chi connectivity index (χ4n) is 2.61. The Balaban J connectivity index is 2.48. The summed E-state index contributed by atoms with van der Waals surface area (Å²) < 4.78 is 5.10. The fourth-order valence-corrected chi connectivity index (χ4v) is 2.61. The summed E-state index contributed by atoms with van der Waals surface area (Å²) in [6, 6.07) is 11.1. The minimum absolute atomic E-state index is 0.408. The first-order chi connectivity index (χ1) is 9.19. The van der Waals surface area contributed by atoms with Crippen LogP contribution in [-0.2, 0) is 4.74 Å². The van der Waals surface area contributed by atoms with Crippen molar-refractivity contribution < 1.29 is 4.74 Å². The van der Waals surface area contributed by atoms with E-state index in [1.165, 1.54) is 5.56 Å². The van der Waals surface area contributed by atoms with Gasteiger partial charge in [-0.2, -0.15) is 0 Å². The molecule has 0 saturated heterocycles. The van der Waals surface area contributed by atoms with Gasteiger partial charge >= 0.3 is 0 Å². The molecule has 1 aromatic rings. The van der Waals surface area contributed by atoms with Crippen molar-refractivity contribution in [3.05, 3.63) is 35.9 Å². The van der Waals surface area contributed by atoms with Crippen molar-refractivity contribution in [3.63, 3.8) is 0 Å². The fraction of sp³-hybridized carbons (Fsp3) is 0.625. The Bertz CT molecular complexity index is 329. The number of rotatable bonds is 9. The van der Waals surface area contributed by atoms with Crippen LogP contribution in [0.5, 0.6) is 0 Å². The van der Waals surface area contributed by atoms with Crippen LogP contribution >= 0.6 is 0 Å². The highest BCUT2D eigenvalue weighted by Gasteiger charge is 2.18. The third-order valence-electron chi connectivity index (χ3n) is 3.53. The minimum Gasteiger partial charge on any atom is -0.385 e. The Hall–Kier alpha value is -0.900. The first-order valence-corrected chi connectivity index (χ1v) is 7.08. The minimum atomic E-state index is 0.408. The normalized spacial score (nSPS) is 14.6. The molecule has 0 radical (unpaired) electrons. The molecule has 1 rings (SSSR count). The highest BCUT2D eigenvalue weighted by molar-refractivity contribution is 5.19. The number of nitrogens with one attached hydrogen (secondary N) is 1. The second kappa shape index (κ2) is 9.08. The summed E-state index contributed by atoms with van der Waals surface area (Å²) in [5.41, 5.74) is 1.36. The van der Waals surface area contributed by atoms with E-state index in [0.717, 1.165) is 26.1 Å². The van der Waals surface area contributed by atoms with Crippen LogP contribution in [0.25, 0.3) is 0 Å². The molecule has 0 heterocycles. The van der Waals surface area contributed by atoms with E-state index in [9.17, 15) is 0 Å². The number of methoxy groups -OCH3 is 1. The summed E-state index contributed by atoms with van der Waals surface area (Å²) in [6.07, 6.45) is 1.09. The lowest BCUT2D eigenvalue weighted by Crippen LogP contribution is -2.33. The van der Waals surface area contributed by atoms with E-state index in [1.54, 1.807) is 7.11 Å². The lowest BCUT2D eigenvalue weighted by atomic mass is 9.94. The molecule has 0 aromatic heterocycles. The molecule has 108 valence electrons. The number of benzene rings is 1. The molecule has 19 heavy (non-hydrogen) atoms. The average Bonchev–Trinajstić information content (AvgIpc) is 2.41. The highest BCUT2D eigenvalue weighted by atomic mass is 16.5. The summed E-state index contributed by atoms with van der Waals surface area (Å²) in [7, 11) is 5.98. The van der Waals surface area contributed by atoms with E-state index in [-0.39, 0.29) is 0 Å². The van der Waals surface area contributed by atoms with Gasteiger partial charge in [0.25, 0.3) is 0 Å². The average molecular weight is 264 g/mol. The molecule has 0 spiro atoms. The predicted molar refractivity (Wildman–Crippen MR) is 81.4 cm³/mol. The van der Waals surface area contributed by atoms with Crippen LogP contribution in [0.4, 0.5) is 0 Å². The van der Waals surface area contributed by atoms with Crippen molar-refractivity contribution >= 4 is 0 Å². The van der Waals surface area contributed by atoms with Gasteiger partial charge in [0.1, 0.15) is 0 Å². The van der Waals surface area contributed by atoms with Gasteiger partial charge in [-0.1, -0.05) is 37.3 Å². The molecular weight excluding hydrogens is 236 g/mol. The molecule has 0 amide bonds. The van der Waals surface area contributed by atoms with Crippen molar-refractivity contribution in [2.75, 3.05) is 40.9 Å². The Morgan fingerprint density at radius 1 is 1.26 bits per heavy atom. The standard InChI is InChI=1S/C16H28N2O/c1-14(13-18(3)11-8-12-19-4)16(17-2)15-9-6-5-7-10-15/h5-7,9-10,14,16-17H,8,11-13H2,1-4H3. The Labute approximate surface area is 118 Å². The first-order valence-electron chi connectivity index (χ1n) is 7.08. The van der Waals surface area contributed by atoms with Crippen molar-refractivity contribution in [2.24, 2.45) is 5.92 Å². The number of hydrogen-bond acceptors (Lipinski definition) is 3. The van der Waals surface area contributed by atoms with Gasteiger partial charge in [-0.25, -0.2) is 0 Å². The molecule has 2 unspecified atom stereocenters. The second-order valence-electron chi connectivity index (χ2n) is 5.26. The Morgan fingerprint density at radius 3 is 2.53 bits per heavy atom. The molecular formula is C16H28N2O. The number of ether oxygens (including phenoxy) is 1. The van der Waals surface area contributed by atoms with E-state index >= 15 is 0 Å². The van der Waals surface area contributed by atoms with Gasteiger partial charge in [-0.3, -0.25) is 0 Å². The topological polar surface area (TPSA) is 24.5 Å². The van der Waals surface area contributed by atoms with E-state index in [2.05, 4.69) is 54.5 Å². The highest BCUT2D eigenvalue weighted by Crippen LogP contribution is 2.21. The molecule has 3 heteroatoms. The third-order valence-corrected chi connectivity index (χ3v) is 3.53. The molecule has 0 aliphatic heterocycles. The van der Waals surface area contributed by atoms with Crippen LogP contribution < -0.4 is 5.32 Å². The SMILES string of the molecule is CNC(c1ccccc1)C(C)CN(C)CCCOC. The first kappa shape index (κ1) is 16.2. The molecule has 0 aliphatic rings. The van der Waals surface area contributed by atoms with Gasteiger partial charge in [0.05, 0.1) is 0 Å². The van der Waals surface area contributed by atoms with Crippen LogP contribution in [-0.4, -0.2) is 45.8 Å². The van der Waals surface area contributed by atoms with Gasteiger partial charge in [0.2, 0.25) is 0 Å². The van der Waals surface area contributed by atoms with Crippen LogP contribution in [0.1, 0.15) is 24.9 Å². The number of nitrogens with zero attached hydrogens (tertiary/aromatic N) is 1. The van der Waals surface area contributed by atoms with E-state index in [4.69, 9.17) is 4.74 Å². The molecule has 0 fully saturated rings. The zero-order valence-corrected chi connectivity index (χ0v) is 12.7. The molecule has 1 aromatic carbocycles. The molecule has 0 saturated carbocycles. The quantitative estimate of drug-likeness (QED) is 0.694. The Kier molecular flexibility index (Phi) is 7.72. The molecule has 1 N–H and O–H groups in total. The van der Waals surface area contributed by atoms with E-state index in [0.29, 0.717) is 12.0 Å². The van der Waals surface area contributed by atoms with Gasteiger partial charge < -0.3 is 15.0 Å². The van der Waals surface area contributed by atoms with Crippen LogP contribution in [0, 0.1) is 5.92 Å². The van der Waals surface area contributed by atoms with Crippen molar-refractivity contribution in [2.45, 2.75) is 19.4 Å². The lowest BCUT2D eigenvalue weighted by Gasteiger charge is -2.28. The maximum Gasteiger partial charge on any atom is 0.0474 e. The van der Waals surface area contributed by atoms with Crippen LogP contribution in [0.2, 0.25) is 0 Å². The smallest absolute Gasteiger partial charge is 0.0474 e. The second-order valence-corrected chi connectivity index (χ2v) is 5.26. The zero-order valence-electron chi connectivity index (χ0n) is 12.7.